The predicted octanol–water partition coefficient (Wildman–Crippen LogP) is 2.70. The third-order valence-electron chi connectivity index (χ3n) is 4.70. The molecule has 0 aromatic heterocycles. The molecule has 0 radical (unpaired) electrons. The summed E-state index contributed by atoms with van der Waals surface area (Å²) in [6.07, 6.45) is 5.28. The van der Waals surface area contributed by atoms with E-state index in [1.165, 1.54) is 37.5 Å². The number of benzene rings is 1. The Bertz CT molecular complexity index is 528. The van der Waals surface area contributed by atoms with Crippen LogP contribution in [0.5, 0.6) is 0 Å². The van der Waals surface area contributed by atoms with E-state index in [9.17, 15) is 8.78 Å². The van der Waals surface area contributed by atoms with Crippen LogP contribution in [0.25, 0.3) is 0 Å². The minimum absolute atomic E-state index is 0.167. The first-order chi connectivity index (χ1) is 10.1. The van der Waals surface area contributed by atoms with E-state index >= 15 is 0 Å². The van der Waals surface area contributed by atoms with Crippen molar-refractivity contribution in [3.8, 4) is 0 Å². The fraction of sp³-hybridized carbons (Fsp3) is 0.562. The summed E-state index contributed by atoms with van der Waals surface area (Å²) in [5.74, 6) is 0.106. The summed E-state index contributed by atoms with van der Waals surface area (Å²) in [6.45, 7) is 1.19. The van der Waals surface area contributed by atoms with E-state index in [-0.39, 0.29) is 5.56 Å². The fourth-order valence-corrected chi connectivity index (χ4v) is 2.88. The second-order valence-electron chi connectivity index (χ2n) is 6.26. The van der Waals surface area contributed by atoms with Crippen molar-refractivity contribution in [2.75, 3.05) is 13.1 Å². The number of rotatable bonds is 5. The Balaban J connectivity index is 1.63. The summed E-state index contributed by atoms with van der Waals surface area (Å²) < 4.78 is 27.8. The molecule has 2 aliphatic rings. The van der Waals surface area contributed by atoms with E-state index in [1.54, 1.807) is 0 Å². The Morgan fingerprint density at radius 1 is 1.29 bits per heavy atom. The Morgan fingerprint density at radius 2 is 1.95 bits per heavy atom. The summed E-state index contributed by atoms with van der Waals surface area (Å²) >= 11 is 0. The van der Waals surface area contributed by atoms with Crippen molar-refractivity contribution >= 4 is 5.96 Å². The second-order valence-corrected chi connectivity index (χ2v) is 6.26. The molecular weight excluding hydrogens is 272 g/mol. The highest BCUT2D eigenvalue weighted by Gasteiger charge is 2.47. The van der Waals surface area contributed by atoms with E-state index in [0.29, 0.717) is 18.4 Å². The lowest BCUT2D eigenvalue weighted by molar-refractivity contribution is 0.315. The normalized spacial score (nSPS) is 21.0. The molecule has 114 valence electrons. The van der Waals surface area contributed by atoms with Crippen molar-refractivity contribution < 1.29 is 8.78 Å². The standard InChI is InChI=1S/C16H21F2N3/c17-12-5-2-6-13(18)14(12)16(7-8-16)10-21-15(19)20-9-11-3-1-4-11/h2,5-6,11H,1,3-4,7-10H2,(H3,19,20,21). The molecule has 0 aliphatic heterocycles. The summed E-state index contributed by atoms with van der Waals surface area (Å²) in [5, 5.41) is 3.11. The minimum atomic E-state index is -0.502. The van der Waals surface area contributed by atoms with Gasteiger partial charge in [-0.25, -0.2) is 8.78 Å². The maximum Gasteiger partial charge on any atom is 0.188 e. The molecule has 0 atom stereocenters. The molecule has 3 nitrogen and oxygen atoms in total. The Kier molecular flexibility index (Phi) is 3.83. The van der Waals surface area contributed by atoms with Crippen LogP contribution >= 0.6 is 0 Å². The Labute approximate surface area is 123 Å². The van der Waals surface area contributed by atoms with E-state index in [4.69, 9.17) is 5.73 Å². The molecule has 3 rings (SSSR count). The summed E-state index contributed by atoms with van der Waals surface area (Å²) in [5.41, 5.74) is 5.51. The zero-order valence-corrected chi connectivity index (χ0v) is 12.0. The molecule has 2 aliphatic carbocycles. The summed E-state index contributed by atoms with van der Waals surface area (Å²) in [7, 11) is 0. The highest BCUT2D eigenvalue weighted by molar-refractivity contribution is 5.77. The lowest BCUT2D eigenvalue weighted by Crippen LogP contribution is -2.37. The third kappa shape index (κ3) is 3.01. The lowest BCUT2D eigenvalue weighted by Gasteiger charge is -2.25. The van der Waals surface area contributed by atoms with Crippen molar-refractivity contribution in [1.82, 2.24) is 5.32 Å². The van der Waals surface area contributed by atoms with Gasteiger partial charge in [0.25, 0.3) is 0 Å². The van der Waals surface area contributed by atoms with Gasteiger partial charge < -0.3 is 11.1 Å². The lowest BCUT2D eigenvalue weighted by atomic mass is 9.85. The molecule has 2 saturated carbocycles. The van der Waals surface area contributed by atoms with Gasteiger partial charge in [-0.1, -0.05) is 12.5 Å². The Hall–Kier alpha value is -1.65. The van der Waals surface area contributed by atoms with Gasteiger partial charge in [0.15, 0.2) is 5.96 Å². The van der Waals surface area contributed by atoms with Gasteiger partial charge in [-0.15, -0.1) is 0 Å². The number of hydrogen-bond donors (Lipinski definition) is 2. The SMILES string of the molecule is NC(=NCC1(c2c(F)cccc2F)CC1)NCC1CCC1. The molecule has 0 saturated heterocycles. The topological polar surface area (TPSA) is 50.4 Å². The van der Waals surface area contributed by atoms with Crippen molar-refractivity contribution in [3.63, 3.8) is 0 Å². The predicted molar refractivity (Wildman–Crippen MR) is 79.1 cm³/mol. The molecule has 0 unspecified atom stereocenters. The van der Waals surface area contributed by atoms with Crippen LogP contribution in [0.15, 0.2) is 23.2 Å². The average Bonchev–Trinajstić information content (AvgIpc) is 3.15. The van der Waals surface area contributed by atoms with Gasteiger partial charge in [0.2, 0.25) is 0 Å². The van der Waals surface area contributed by atoms with Gasteiger partial charge in [-0.05, 0) is 43.7 Å². The molecule has 3 N–H and O–H groups in total. The number of nitrogens with one attached hydrogen (secondary N) is 1. The third-order valence-corrected chi connectivity index (χ3v) is 4.70. The van der Waals surface area contributed by atoms with Crippen LogP contribution in [-0.2, 0) is 5.41 Å². The quantitative estimate of drug-likeness (QED) is 0.648. The molecule has 2 fully saturated rings. The van der Waals surface area contributed by atoms with Crippen molar-refractivity contribution in [3.05, 3.63) is 35.4 Å². The van der Waals surface area contributed by atoms with Gasteiger partial charge >= 0.3 is 0 Å². The van der Waals surface area contributed by atoms with Gasteiger partial charge in [-0.3, -0.25) is 4.99 Å². The molecular formula is C16H21F2N3. The highest BCUT2D eigenvalue weighted by Crippen LogP contribution is 2.50. The fourth-order valence-electron chi connectivity index (χ4n) is 2.88. The molecule has 1 aromatic carbocycles. The zero-order chi connectivity index (χ0) is 14.9. The van der Waals surface area contributed by atoms with Crippen LogP contribution in [0.2, 0.25) is 0 Å². The van der Waals surface area contributed by atoms with Crippen LogP contribution in [-0.4, -0.2) is 19.0 Å². The molecule has 0 spiro atoms. The monoisotopic (exact) mass is 293 g/mol. The largest absolute Gasteiger partial charge is 0.370 e. The molecule has 0 heterocycles. The second kappa shape index (κ2) is 5.62. The van der Waals surface area contributed by atoms with Crippen molar-refractivity contribution in [1.29, 1.82) is 0 Å². The minimum Gasteiger partial charge on any atom is -0.370 e. The Morgan fingerprint density at radius 3 is 2.48 bits per heavy atom. The van der Waals surface area contributed by atoms with Gasteiger partial charge in [-0.2, -0.15) is 0 Å². The van der Waals surface area contributed by atoms with E-state index in [2.05, 4.69) is 10.3 Å². The van der Waals surface area contributed by atoms with Crippen LogP contribution < -0.4 is 11.1 Å². The smallest absolute Gasteiger partial charge is 0.188 e. The van der Waals surface area contributed by atoms with Crippen LogP contribution in [0, 0.1) is 17.6 Å². The maximum absolute atomic E-state index is 13.9. The van der Waals surface area contributed by atoms with Crippen LogP contribution in [0.4, 0.5) is 8.78 Å². The first-order valence-electron chi connectivity index (χ1n) is 7.59. The van der Waals surface area contributed by atoms with E-state index in [1.807, 2.05) is 0 Å². The number of aliphatic imine (C=N–C) groups is 1. The maximum atomic E-state index is 13.9. The first-order valence-corrected chi connectivity index (χ1v) is 7.59. The average molecular weight is 293 g/mol. The van der Waals surface area contributed by atoms with E-state index < -0.39 is 17.0 Å². The van der Waals surface area contributed by atoms with E-state index in [0.717, 1.165) is 19.4 Å². The number of nitrogens with zero attached hydrogens (tertiary/aromatic N) is 1. The summed E-state index contributed by atoms with van der Waals surface area (Å²) in [4.78, 5) is 4.30. The number of guanidine groups is 1. The van der Waals surface area contributed by atoms with Crippen LogP contribution in [0.1, 0.15) is 37.7 Å². The highest BCUT2D eigenvalue weighted by atomic mass is 19.1. The zero-order valence-electron chi connectivity index (χ0n) is 12.0. The number of halogens is 2. The van der Waals surface area contributed by atoms with Crippen molar-refractivity contribution in [2.45, 2.75) is 37.5 Å². The van der Waals surface area contributed by atoms with Gasteiger partial charge in [0.05, 0.1) is 6.54 Å². The number of hydrogen-bond acceptors (Lipinski definition) is 1. The molecule has 0 amide bonds. The first kappa shape index (κ1) is 14.3. The van der Waals surface area contributed by atoms with Gasteiger partial charge in [0, 0.05) is 17.5 Å². The van der Waals surface area contributed by atoms with Crippen molar-refractivity contribution in [2.24, 2.45) is 16.6 Å². The molecule has 21 heavy (non-hydrogen) atoms. The molecule has 5 heteroatoms. The summed E-state index contributed by atoms with van der Waals surface area (Å²) in [6, 6.07) is 4.00. The molecule has 1 aromatic rings. The van der Waals surface area contributed by atoms with Gasteiger partial charge in [0.1, 0.15) is 11.6 Å². The van der Waals surface area contributed by atoms with Crippen LogP contribution in [0.3, 0.4) is 0 Å². The molecule has 0 bridgehead atoms. The number of nitrogens with two attached hydrogens (primary N) is 1.